The molecule has 3 aromatic rings. The molecular formula is C21H24N4O2. The number of likely N-dealkylation sites (N-methyl/N-ethyl adjacent to an activating group) is 2. The first-order valence-corrected chi connectivity index (χ1v) is 8.78. The summed E-state index contributed by atoms with van der Waals surface area (Å²) in [5.74, 6) is 0.790. The number of carbonyl (C=O) groups excluding carboxylic acids is 1. The van der Waals surface area contributed by atoms with Crippen LogP contribution in [0.2, 0.25) is 0 Å². The minimum Gasteiger partial charge on any atom is -0.497 e. The first kappa shape index (κ1) is 18.7. The fourth-order valence-electron chi connectivity index (χ4n) is 2.90. The first-order valence-electron chi connectivity index (χ1n) is 8.78. The SMILES string of the molecule is CNC(=O)CN(C)Cc1cn(-c2ccccc2)nc1-c1ccc(OC)cc1. The number of hydrogen-bond acceptors (Lipinski definition) is 4. The number of methoxy groups -OCH3 is 1. The van der Waals surface area contributed by atoms with Crippen molar-refractivity contribution < 1.29 is 9.53 Å². The Morgan fingerprint density at radius 3 is 2.48 bits per heavy atom. The average molecular weight is 364 g/mol. The smallest absolute Gasteiger partial charge is 0.233 e. The van der Waals surface area contributed by atoms with E-state index in [2.05, 4.69) is 5.32 Å². The van der Waals surface area contributed by atoms with Gasteiger partial charge < -0.3 is 10.1 Å². The summed E-state index contributed by atoms with van der Waals surface area (Å²) in [6, 6.07) is 17.8. The molecule has 0 fully saturated rings. The van der Waals surface area contributed by atoms with E-state index in [1.54, 1.807) is 14.2 Å². The second-order valence-electron chi connectivity index (χ2n) is 6.36. The Kier molecular flexibility index (Phi) is 5.88. The average Bonchev–Trinajstić information content (AvgIpc) is 3.12. The zero-order valence-electron chi connectivity index (χ0n) is 15.8. The van der Waals surface area contributed by atoms with Gasteiger partial charge in [0.2, 0.25) is 5.91 Å². The van der Waals surface area contributed by atoms with Crippen molar-refractivity contribution in [1.82, 2.24) is 20.0 Å². The Labute approximate surface area is 159 Å². The molecule has 0 bridgehead atoms. The van der Waals surface area contributed by atoms with Crippen LogP contribution in [0.15, 0.2) is 60.8 Å². The van der Waals surface area contributed by atoms with Crippen molar-refractivity contribution in [3.05, 3.63) is 66.4 Å². The molecule has 3 rings (SSSR count). The molecule has 0 unspecified atom stereocenters. The Bertz CT molecular complexity index is 888. The van der Waals surface area contributed by atoms with Crippen LogP contribution in [0.5, 0.6) is 5.75 Å². The van der Waals surface area contributed by atoms with Gasteiger partial charge in [-0.1, -0.05) is 18.2 Å². The molecule has 0 saturated carbocycles. The maximum Gasteiger partial charge on any atom is 0.233 e. The zero-order valence-corrected chi connectivity index (χ0v) is 15.8. The van der Waals surface area contributed by atoms with Gasteiger partial charge in [0.15, 0.2) is 0 Å². The number of carbonyl (C=O) groups is 1. The summed E-state index contributed by atoms with van der Waals surface area (Å²) in [6.45, 7) is 0.941. The maximum atomic E-state index is 11.7. The highest BCUT2D eigenvalue weighted by molar-refractivity contribution is 5.77. The van der Waals surface area contributed by atoms with Crippen LogP contribution in [0.3, 0.4) is 0 Å². The number of aromatic nitrogens is 2. The fraction of sp³-hybridized carbons (Fsp3) is 0.238. The van der Waals surface area contributed by atoms with Gasteiger partial charge in [-0.2, -0.15) is 5.10 Å². The normalized spacial score (nSPS) is 10.8. The molecule has 1 N–H and O–H groups in total. The van der Waals surface area contributed by atoms with Crippen molar-refractivity contribution in [2.24, 2.45) is 0 Å². The van der Waals surface area contributed by atoms with Gasteiger partial charge >= 0.3 is 0 Å². The van der Waals surface area contributed by atoms with Crippen LogP contribution in [0.4, 0.5) is 0 Å². The molecule has 1 heterocycles. The standard InChI is InChI=1S/C21H24N4O2/c1-22-20(26)15-24(2)13-17-14-25(18-7-5-4-6-8-18)23-21(17)16-9-11-19(27-3)12-10-16/h4-12,14H,13,15H2,1-3H3,(H,22,26). The number of para-hydroxylation sites is 1. The lowest BCUT2D eigenvalue weighted by molar-refractivity contribution is -0.121. The highest BCUT2D eigenvalue weighted by atomic mass is 16.5. The number of benzene rings is 2. The minimum absolute atomic E-state index is 0.0149. The van der Waals surface area contributed by atoms with Gasteiger partial charge in [-0.25, -0.2) is 4.68 Å². The molecule has 27 heavy (non-hydrogen) atoms. The van der Waals surface area contributed by atoms with Crippen molar-refractivity contribution in [1.29, 1.82) is 0 Å². The van der Waals surface area contributed by atoms with Crippen molar-refractivity contribution in [3.63, 3.8) is 0 Å². The third-order valence-corrected chi connectivity index (χ3v) is 4.31. The van der Waals surface area contributed by atoms with E-state index in [4.69, 9.17) is 9.84 Å². The number of nitrogens with one attached hydrogen (secondary N) is 1. The quantitative estimate of drug-likeness (QED) is 0.700. The van der Waals surface area contributed by atoms with E-state index in [0.29, 0.717) is 13.1 Å². The molecule has 1 aromatic heterocycles. The van der Waals surface area contributed by atoms with Gasteiger partial charge in [0, 0.05) is 30.9 Å². The predicted octanol–water partition coefficient (Wildman–Crippen LogP) is 2.73. The van der Waals surface area contributed by atoms with Crippen LogP contribution in [-0.2, 0) is 11.3 Å². The van der Waals surface area contributed by atoms with Crippen LogP contribution < -0.4 is 10.1 Å². The Morgan fingerprint density at radius 1 is 1.15 bits per heavy atom. The van der Waals surface area contributed by atoms with Crippen LogP contribution in [0.1, 0.15) is 5.56 Å². The van der Waals surface area contributed by atoms with Gasteiger partial charge in [-0.15, -0.1) is 0 Å². The van der Waals surface area contributed by atoms with Gasteiger partial charge in [0.1, 0.15) is 5.75 Å². The molecule has 6 heteroatoms. The van der Waals surface area contributed by atoms with E-state index in [-0.39, 0.29) is 5.91 Å². The number of amides is 1. The summed E-state index contributed by atoms with van der Waals surface area (Å²) in [5.41, 5.74) is 3.95. The molecule has 0 spiro atoms. The van der Waals surface area contributed by atoms with Crippen molar-refractivity contribution in [2.45, 2.75) is 6.54 Å². The third kappa shape index (κ3) is 4.54. The Balaban J connectivity index is 1.95. The highest BCUT2D eigenvalue weighted by Crippen LogP contribution is 2.26. The topological polar surface area (TPSA) is 59.4 Å². The van der Waals surface area contributed by atoms with Crippen molar-refractivity contribution in [3.8, 4) is 22.7 Å². The number of hydrogen-bond donors (Lipinski definition) is 1. The molecule has 1 amide bonds. The van der Waals surface area contributed by atoms with Crippen LogP contribution in [0, 0.1) is 0 Å². The summed E-state index contributed by atoms with van der Waals surface area (Å²) < 4.78 is 7.13. The lowest BCUT2D eigenvalue weighted by atomic mass is 10.1. The highest BCUT2D eigenvalue weighted by Gasteiger charge is 2.15. The number of nitrogens with zero attached hydrogens (tertiary/aromatic N) is 3. The van der Waals surface area contributed by atoms with Crippen LogP contribution in [-0.4, -0.2) is 48.3 Å². The minimum atomic E-state index is -0.0149. The summed E-state index contributed by atoms with van der Waals surface area (Å²) in [5, 5.41) is 7.46. The first-order chi connectivity index (χ1) is 13.1. The molecule has 0 aliphatic heterocycles. The Morgan fingerprint density at radius 2 is 1.85 bits per heavy atom. The molecule has 140 valence electrons. The van der Waals surface area contributed by atoms with Crippen molar-refractivity contribution in [2.75, 3.05) is 27.7 Å². The fourth-order valence-corrected chi connectivity index (χ4v) is 2.90. The van der Waals surface area contributed by atoms with E-state index in [0.717, 1.165) is 28.3 Å². The van der Waals surface area contributed by atoms with Crippen molar-refractivity contribution >= 4 is 5.91 Å². The lowest BCUT2D eigenvalue weighted by Crippen LogP contribution is -2.32. The number of ether oxygens (including phenoxy) is 1. The van der Waals surface area contributed by atoms with Gasteiger partial charge in [-0.3, -0.25) is 9.69 Å². The van der Waals surface area contributed by atoms with Gasteiger partial charge in [0.25, 0.3) is 0 Å². The molecule has 6 nitrogen and oxygen atoms in total. The number of rotatable bonds is 7. The summed E-state index contributed by atoms with van der Waals surface area (Å²) in [7, 11) is 5.22. The summed E-state index contributed by atoms with van der Waals surface area (Å²) >= 11 is 0. The summed E-state index contributed by atoms with van der Waals surface area (Å²) in [6.07, 6.45) is 2.02. The molecule has 0 aliphatic carbocycles. The zero-order chi connectivity index (χ0) is 19.2. The van der Waals surface area contributed by atoms with Gasteiger partial charge in [-0.05, 0) is 43.4 Å². The van der Waals surface area contributed by atoms with Crippen LogP contribution >= 0.6 is 0 Å². The molecule has 0 radical (unpaired) electrons. The molecule has 2 aromatic carbocycles. The summed E-state index contributed by atoms with van der Waals surface area (Å²) in [4.78, 5) is 13.6. The second kappa shape index (κ2) is 8.51. The third-order valence-electron chi connectivity index (χ3n) is 4.31. The molecule has 0 atom stereocenters. The largest absolute Gasteiger partial charge is 0.497 e. The van der Waals surface area contributed by atoms with E-state index in [9.17, 15) is 4.79 Å². The molecule has 0 saturated heterocycles. The maximum absolute atomic E-state index is 11.7. The van der Waals surface area contributed by atoms with E-state index >= 15 is 0 Å². The van der Waals surface area contributed by atoms with E-state index in [1.165, 1.54) is 0 Å². The Hall–Kier alpha value is -3.12. The lowest BCUT2D eigenvalue weighted by Gasteiger charge is -2.15. The second-order valence-corrected chi connectivity index (χ2v) is 6.36. The van der Waals surface area contributed by atoms with E-state index < -0.39 is 0 Å². The predicted molar refractivity (Wildman–Crippen MR) is 106 cm³/mol. The monoisotopic (exact) mass is 364 g/mol. The van der Waals surface area contributed by atoms with E-state index in [1.807, 2.05) is 77.4 Å². The molecular weight excluding hydrogens is 340 g/mol. The van der Waals surface area contributed by atoms with Crippen LogP contribution in [0.25, 0.3) is 16.9 Å². The van der Waals surface area contributed by atoms with Gasteiger partial charge in [0.05, 0.1) is 25.0 Å². The molecule has 0 aliphatic rings.